The first-order valence-electron chi connectivity index (χ1n) is 1.26. The fourth-order valence-electron chi connectivity index (χ4n) is 0.0456. The molecular weight excluding hydrogens is 66.0 g/mol. The normalized spacial score (nSPS) is 5.80. The number of nitrogens with one attached hydrogen (secondary N) is 1. The van der Waals surface area contributed by atoms with Crippen LogP contribution in [0.15, 0.2) is 6.08 Å². The first kappa shape index (κ1) is 4.41. The van der Waals surface area contributed by atoms with Crippen LogP contribution in [0.2, 0.25) is 0 Å². The van der Waals surface area contributed by atoms with Crippen molar-refractivity contribution in [1.82, 2.24) is 0 Å². The van der Waals surface area contributed by atoms with Crippen molar-refractivity contribution in [2.45, 2.75) is 0 Å². The van der Waals surface area contributed by atoms with E-state index in [1.54, 1.807) is 0 Å². The maximum absolute atomic E-state index is 7.83. The van der Waals surface area contributed by atoms with E-state index < -0.39 is 0 Å². The molecule has 0 amide bonds. The SMILES string of the molecule is N=C=CCO. The first-order valence-corrected chi connectivity index (χ1v) is 1.26. The van der Waals surface area contributed by atoms with Crippen LogP contribution in [0, 0.1) is 5.41 Å². The minimum atomic E-state index is -0.0799. The van der Waals surface area contributed by atoms with E-state index in [-0.39, 0.29) is 6.61 Å². The van der Waals surface area contributed by atoms with Gasteiger partial charge in [-0.05, 0) is 5.87 Å². The first-order chi connectivity index (χ1) is 2.41. The summed E-state index contributed by atoms with van der Waals surface area (Å²) in [5, 5.41) is 14.0. The van der Waals surface area contributed by atoms with Crippen LogP contribution >= 0.6 is 0 Å². The van der Waals surface area contributed by atoms with Gasteiger partial charge in [-0.25, -0.2) is 0 Å². The molecule has 2 N–H and O–H groups in total. The quantitative estimate of drug-likeness (QED) is 0.412. The molecule has 0 unspecified atom stereocenters. The molecule has 0 spiro atoms. The molecule has 0 saturated carbocycles. The lowest BCUT2D eigenvalue weighted by molar-refractivity contribution is 0.344. The predicted octanol–water partition coefficient (Wildman–Crippen LogP) is -0.217. The van der Waals surface area contributed by atoms with Gasteiger partial charge in [0, 0.05) is 6.08 Å². The molecule has 5 heavy (non-hydrogen) atoms. The summed E-state index contributed by atoms with van der Waals surface area (Å²) in [5.74, 6) is 1.89. The largest absolute Gasteiger partial charge is 0.392 e. The molecule has 0 aromatic rings. The molecule has 0 radical (unpaired) electrons. The van der Waals surface area contributed by atoms with E-state index in [4.69, 9.17) is 10.5 Å². The van der Waals surface area contributed by atoms with Crippen molar-refractivity contribution in [2.24, 2.45) is 0 Å². The Bertz CT molecular complexity index is 53.9. The van der Waals surface area contributed by atoms with Crippen molar-refractivity contribution in [1.29, 1.82) is 5.41 Å². The monoisotopic (exact) mass is 71.0 g/mol. The summed E-state index contributed by atoms with van der Waals surface area (Å²) in [5.41, 5.74) is 0. The second-order valence-electron chi connectivity index (χ2n) is 0.531. The molecule has 0 fully saturated rings. The Kier molecular flexibility index (Phi) is 3.01. The topological polar surface area (TPSA) is 44.1 Å². The average molecular weight is 71.1 g/mol. The lowest BCUT2D eigenvalue weighted by atomic mass is 10.7. The Morgan fingerprint density at radius 2 is 2.60 bits per heavy atom. The third-order valence-electron chi connectivity index (χ3n) is 0.193. The Hall–Kier alpha value is -0.590. The highest BCUT2D eigenvalue weighted by Crippen LogP contribution is 1.45. The van der Waals surface area contributed by atoms with Gasteiger partial charge in [-0.3, -0.25) is 5.41 Å². The summed E-state index contributed by atoms with van der Waals surface area (Å²) in [6.07, 6.45) is 1.22. The highest BCUT2D eigenvalue weighted by atomic mass is 16.2. The maximum Gasteiger partial charge on any atom is 0.0701 e. The summed E-state index contributed by atoms with van der Waals surface area (Å²) in [6, 6.07) is 0. The summed E-state index contributed by atoms with van der Waals surface area (Å²) >= 11 is 0. The van der Waals surface area contributed by atoms with Crippen molar-refractivity contribution in [3.8, 4) is 0 Å². The number of rotatable bonds is 1. The van der Waals surface area contributed by atoms with E-state index in [0.29, 0.717) is 0 Å². The molecule has 0 aromatic carbocycles. The maximum atomic E-state index is 7.83. The summed E-state index contributed by atoms with van der Waals surface area (Å²) in [7, 11) is 0. The van der Waals surface area contributed by atoms with Gasteiger partial charge in [0.2, 0.25) is 0 Å². The number of hydrogen-bond donors (Lipinski definition) is 2. The molecule has 0 aliphatic rings. The minimum Gasteiger partial charge on any atom is -0.392 e. The van der Waals surface area contributed by atoms with E-state index in [2.05, 4.69) is 0 Å². The van der Waals surface area contributed by atoms with Crippen molar-refractivity contribution in [3.05, 3.63) is 6.08 Å². The Balaban J connectivity index is 2.93. The molecule has 0 aliphatic heterocycles. The van der Waals surface area contributed by atoms with Crippen LogP contribution in [0.3, 0.4) is 0 Å². The summed E-state index contributed by atoms with van der Waals surface area (Å²) < 4.78 is 0. The second-order valence-corrected chi connectivity index (χ2v) is 0.531. The van der Waals surface area contributed by atoms with Crippen molar-refractivity contribution in [2.75, 3.05) is 6.61 Å². The van der Waals surface area contributed by atoms with Gasteiger partial charge in [0.1, 0.15) is 0 Å². The third-order valence-corrected chi connectivity index (χ3v) is 0.193. The zero-order valence-corrected chi connectivity index (χ0v) is 2.73. The van der Waals surface area contributed by atoms with Crippen LogP contribution in [0.5, 0.6) is 0 Å². The molecule has 0 rings (SSSR count). The number of aliphatic hydroxyl groups is 1. The van der Waals surface area contributed by atoms with Gasteiger partial charge in [-0.1, -0.05) is 0 Å². The van der Waals surface area contributed by atoms with Crippen molar-refractivity contribution >= 4 is 5.87 Å². The average Bonchev–Trinajstić information content (AvgIpc) is 1.41. The van der Waals surface area contributed by atoms with Crippen LogP contribution in [0.25, 0.3) is 0 Å². The van der Waals surface area contributed by atoms with Gasteiger partial charge >= 0.3 is 0 Å². The molecule has 28 valence electrons. The van der Waals surface area contributed by atoms with Gasteiger partial charge in [-0.15, -0.1) is 0 Å². The molecule has 0 bridgehead atoms. The molecular formula is C3H5NO. The summed E-state index contributed by atoms with van der Waals surface area (Å²) in [4.78, 5) is 0. The fraction of sp³-hybridized carbons (Fsp3) is 0.333. The van der Waals surface area contributed by atoms with E-state index >= 15 is 0 Å². The molecule has 2 nitrogen and oxygen atoms in total. The molecule has 2 heteroatoms. The van der Waals surface area contributed by atoms with Crippen molar-refractivity contribution < 1.29 is 5.11 Å². The van der Waals surface area contributed by atoms with Gasteiger partial charge in [-0.2, -0.15) is 0 Å². The Morgan fingerprint density at radius 3 is 2.60 bits per heavy atom. The number of hydrogen-bond acceptors (Lipinski definition) is 2. The minimum absolute atomic E-state index is 0.0799. The van der Waals surface area contributed by atoms with E-state index in [9.17, 15) is 0 Å². The van der Waals surface area contributed by atoms with Crippen LogP contribution in [0.4, 0.5) is 0 Å². The predicted molar refractivity (Wildman–Crippen MR) is 19.4 cm³/mol. The highest BCUT2D eigenvalue weighted by molar-refractivity contribution is 5.46. The lowest BCUT2D eigenvalue weighted by Crippen LogP contribution is -1.66. The standard InChI is InChI=1S/C3H5NO/c4-2-1-3-5/h1,4-5H,3H2. The Labute approximate surface area is 30.3 Å². The summed E-state index contributed by atoms with van der Waals surface area (Å²) in [6.45, 7) is -0.0799. The highest BCUT2D eigenvalue weighted by Gasteiger charge is 1.51. The van der Waals surface area contributed by atoms with E-state index in [1.807, 2.05) is 5.87 Å². The third kappa shape index (κ3) is 3.41. The smallest absolute Gasteiger partial charge is 0.0701 e. The van der Waals surface area contributed by atoms with Gasteiger partial charge in [0.25, 0.3) is 0 Å². The van der Waals surface area contributed by atoms with Crippen LogP contribution in [-0.2, 0) is 0 Å². The fourth-order valence-corrected chi connectivity index (χ4v) is 0.0456. The molecule has 0 saturated heterocycles. The zero-order valence-electron chi connectivity index (χ0n) is 2.73. The molecule has 0 atom stereocenters. The van der Waals surface area contributed by atoms with Gasteiger partial charge in [0.15, 0.2) is 0 Å². The lowest BCUT2D eigenvalue weighted by Gasteiger charge is -1.60. The van der Waals surface area contributed by atoms with Crippen molar-refractivity contribution in [3.63, 3.8) is 0 Å². The number of aliphatic hydroxyl groups excluding tert-OH is 1. The van der Waals surface area contributed by atoms with E-state index in [1.165, 1.54) is 6.08 Å². The molecule has 0 aliphatic carbocycles. The molecule has 0 aromatic heterocycles. The van der Waals surface area contributed by atoms with Gasteiger partial charge in [0.05, 0.1) is 6.61 Å². The second kappa shape index (κ2) is 3.41. The zero-order chi connectivity index (χ0) is 4.12. The van der Waals surface area contributed by atoms with Crippen LogP contribution in [-0.4, -0.2) is 17.6 Å². The van der Waals surface area contributed by atoms with E-state index in [0.717, 1.165) is 0 Å². The van der Waals surface area contributed by atoms with Gasteiger partial charge < -0.3 is 5.11 Å². The van der Waals surface area contributed by atoms with Crippen LogP contribution in [0.1, 0.15) is 0 Å². The molecule has 0 heterocycles. The Morgan fingerprint density at radius 1 is 2.00 bits per heavy atom. The van der Waals surface area contributed by atoms with Crippen LogP contribution < -0.4 is 0 Å².